The molecule has 2 aliphatic heterocycles. The van der Waals surface area contributed by atoms with Gasteiger partial charge in [0.25, 0.3) is 0 Å². The standard InChI is InChI=1S/C11H21NO2/c1-8(13)4-5-12-9-2-3-10(12)7-11(14)6-9/h8-11,13-14H,2-7H2,1H3. The van der Waals surface area contributed by atoms with Crippen molar-refractivity contribution in [3.63, 3.8) is 0 Å². The van der Waals surface area contributed by atoms with Crippen LogP contribution in [0.5, 0.6) is 0 Å². The first kappa shape index (κ1) is 10.4. The molecule has 2 fully saturated rings. The van der Waals surface area contributed by atoms with Crippen LogP contribution in [-0.2, 0) is 0 Å². The third-order valence-corrected chi connectivity index (χ3v) is 3.66. The second-order valence-electron chi connectivity index (χ2n) is 4.89. The van der Waals surface area contributed by atoms with Gasteiger partial charge in [-0.05, 0) is 39.0 Å². The molecule has 0 aromatic heterocycles. The van der Waals surface area contributed by atoms with E-state index < -0.39 is 0 Å². The Labute approximate surface area is 85.7 Å². The van der Waals surface area contributed by atoms with Crippen molar-refractivity contribution in [3.8, 4) is 0 Å². The maximum absolute atomic E-state index is 9.61. The molecule has 2 bridgehead atoms. The number of hydrogen-bond donors (Lipinski definition) is 2. The van der Waals surface area contributed by atoms with E-state index >= 15 is 0 Å². The van der Waals surface area contributed by atoms with Gasteiger partial charge in [0.2, 0.25) is 0 Å². The van der Waals surface area contributed by atoms with Crippen molar-refractivity contribution in [3.05, 3.63) is 0 Å². The fraction of sp³-hybridized carbons (Fsp3) is 1.00. The van der Waals surface area contributed by atoms with E-state index in [-0.39, 0.29) is 12.2 Å². The minimum atomic E-state index is -0.193. The summed E-state index contributed by atoms with van der Waals surface area (Å²) in [6, 6.07) is 1.17. The molecule has 14 heavy (non-hydrogen) atoms. The molecule has 0 spiro atoms. The fourth-order valence-electron chi connectivity index (χ4n) is 2.95. The number of hydrogen-bond acceptors (Lipinski definition) is 3. The molecule has 2 N–H and O–H groups in total. The van der Waals surface area contributed by atoms with Crippen LogP contribution < -0.4 is 0 Å². The Morgan fingerprint density at radius 2 is 1.86 bits per heavy atom. The largest absolute Gasteiger partial charge is 0.393 e. The molecule has 3 nitrogen and oxygen atoms in total. The lowest BCUT2D eigenvalue weighted by atomic mass is 9.99. The molecule has 0 radical (unpaired) electrons. The Bertz CT molecular complexity index is 182. The maximum Gasteiger partial charge on any atom is 0.0570 e. The number of nitrogens with zero attached hydrogens (tertiary/aromatic N) is 1. The summed E-state index contributed by atoms with van der Waals surface area (Å²) in [6.45, 7) is 2.85. The summed E-state index contributed by atoms with van der Waals surface area (Å²) in [7, 11) is 0. The van der Waals surface area contributed by atoms with E-state index in [1.54, 1.807) is 0 Å². The van der Waals surface area contributed by atoms with Gasteiger partial charge in [-0.2, -0.15) is 0 Å². The lowest BCUT2D eigenvalue weighted by Crippen LogP contribution is -2.45. The minimum absolute atomic E-state index is 0.0738. The van der Waals surface area contributed by atoms with Gasteiger partial charge in [-0.1, -0.05) is 0 Å². The molecule has 0 aromatic rings. The van der Waals surface area contributed by atoms with E-state index in [9.17, 15) is 10.2 Å². The highest BCUT2D eigenvalue weighted by molar-refractivity contribution is 4.95. The molecule has 2 rings (SSSR count). The predicted octanol–water partition coefficient (Wildman–Crippen LogP) is 0.745. The normalized spacial score (nSPS) is 40.1. The molecule has 0 aromatic carbocycles. The summed E-state index contributed by atoms with van der Waals surface area (Å²) in [6.07, 6.45) is 4.95. The molecule has 3 unspecified atom stereocenters. The Morgan fingerprint density at radius 1 is 1.29 bits per heavy atom. The summed E-state index contributed by atoms with van der Waals surface area (Å²) >= 11 is 0. The summed E-state index contributed by atoms with van der Waals surface area (Å²) in [5, 5.41) is 18.9. The van der Waals surface area contributed by atoms with E-state index in [0.717, 1.165) is 25.8 Å². The van der Waals surface area contributed by atoms with Crippen molar-refractivity contribution in [2.45, 2.75) is 63.3 Å². The second kappa shape index (κ2) is 4.17. The highest BCUT2D eigenvalue weighted by Crippen LogP contribution is 2.35. The molecule has 0 amide bonds. The monoisotopic (exact) mass is 199 g/mol. The summed E-state index contributed by atoms with van der Waals surface area (Å²) in [5.41, 5.74) is 0. The van der Waals surface area contributed by atoms with Gasteiger partial charge >= 0.3 is 0 Å². The van der Waals surface area contributed by atoms with E-state index in [2.05, 4.69) is 4.90 Å². The molecule has 0 aliphatic carbocycles. The molecule has 2 saturated heterocycles. The zero-order valence-electron chi connectivity index (χ0n) is 8.89. The third kappa shape index (κ3) is 2.10. The molecule has 2 aliphatic rings. The zero-order chi connectivity index (χ0) is 10.1. The fourth-order valence-corrected chi connectivity index (χ4v) is 2.95. The van der Waals surface area contributed by atoms with E-state index in [1.807, 2.05) is 6.92 Å². The number of rotatable bonds is 3. The van der Waals surface area contributed by atoms with Crippen LogP contribution in [0.1, 0.15) is 39.0 Å². The van der Waals surface area contributed by atoms with Gasteiger partial charge in [0.05, 0.1) is 12.2 Å². The van der Waals surface area contributed by atoms with Crippen LogP contribution >= 0.6 is 0 Å². The first-order valence-electron chi connectivity index (χ1n) is 5.78. The molecule has 3 atom stereocenters. The van der Waals surface area contributed by atoms with Crippen molar-refractivity contribution in [1.82, 2.24) is 4.90 Å². The van der Waals surface area contributed by atoms with Crippen molar-refractivity contribution in [2.75, 3.05) is 6.54 Å². The number of aliphatic hydroxyl groups is 2. The highest BCUT2D eigenvalue weighted by atomic mass is 16.3. The van der Waals surface area contributed by atoms with Crippen molar-refractivity contribution < 1.29 is 10.2 Å². The van der Waals surface area contributed by atoms with Crippen LogP contribution in [0.15, 0.2) is 0 Å². The lowest BCUT2D eigenvalue weighted by Gasteiger charge is -2.37. The average Bonchev–Trinajstić information content (AvgIpc) is 2.34. The smallest absolute Gasteiger partial charge is 0.0570 e. The Kier molecular flexibility index (Phi) is 3.10. The average molecular weight is 199 g/mol. The van der Waals surface area contributed by atoms with Gasteiger partial charge < -0.3 is 10.2 Å². The third-order valence-electron chi connectivity index (χ3n) is 3.66. The second-order valence-corrected chi connectivity index (χ2v) is 4.89. The van der Waals surface area contributed by atoms with Crippen LogP contribution in [0.3, 0.4) is 0 Å². The van der Waals surface area contributed by atoms with Crippen molar-refractivity contribution >= 4 is 0 Å². The van der Waals surface area contributed by atoms with Gasteiger partial charge in [-0.15, -0.1) is 0 Å². The topological polar surface area (TPSA) is 43.7 Å². The van der Waals surface area contributed by atoms with Crippen LogP contribution in [0.4, 0.5) is 0 Å². The van der Waals surface area contributed by atoms with Crippen LogP contribution in [0.2, 0.25) is 0 Å². The Balaban J connectivity index is 1.88. The predicted molar refractivity (Wildman–Crippen MR) is 55.1 cm³/mol. The van der Waals surface area contributed by atoms with Crippen LogP contribution in [0.25, 0.3) is 0 Å². The number of fused-ring (bicyclic) bond motifs is 2. The summed E-state index contributed by atoms with van der Waals surface area (Å²) in [4.78, 5) is 2.50. The first-order chi connectivity index (χ1) is 6.66. The van der Waals surface area contributed by atoms with Gasteiger partial charge in [-0.3, -0.25) is 4.90 Å². The zero-order valence-corrected chi connectivity index (χ0v) is 8.89. The first-order valence-corrected chi connectivity index (χ1v) is 5.78. The number of piperidine rings is 1. The summed E-state index contributed by atoms with van der Waals surface area (Å²) in [5.74, 6) is 0. The van der Waals surface area contributed by atoms with Gasteiger partial charge in [0.15, 0.2) is 0 Å². The molecular formula is C11H21NO2. The lowest BCUT2D eigenvalue weighted by molar-refractivity contribution is 0.0281. The van der Waals surface area contributed by atoms with E-state index in [1.165, 1.54) is 12.8 Å². The Morgan fingerprint density at radius 3 is 2.36 bits per heavy atom. The molecule has 3 heteroatoms. The van der Waals surface area contributed by atoms with Gasteiger partial charge in [0, 0.05) is 18.6 Å². The minimum Gasteiger partial charge on any atom is -0.393 e. The van der Waals surface area contributed by atoms with Crippen LogP contribution in [-0.4, -0.2) is 45.9 Å². The molecular weight excluding hydrogens is 178 g/mol. The molecule has 82 valence electrons. The van der Waals surface area contributed by atoms with Gasteiger partial charge in [0.1, 0.15) is 0 Å². The highest BCUT2D eigenvalue weighted by Gasteiger charge is 2.39. The summed E-state index contributed by atoms with van der Waals surface area (Å²) < 4.78 is 0. The van der Waals surface area contributed by atoms with Gasteiger partial charge in [-0.25, -0.2) is 0 Å². The van der Waals surface area contributed by atoms with Crippen molar-refractivity contribution in [2.24, 2.45) is 0 Å². The SMILES string of the molecule is CC(O)CCN1C2CCC1CC(O)C2. The van der Waals surface area contributed by atoms with E-state index in [0.29, 0.717) is 12.1 Å². The molecule has 2 heterocycles. The van der Waals surface area contributed by atoms with Crippen molar-refractivity contribution in [1.29, 1.82) is 0 Å². The molecule has 0 saturated carbocycles. The Hall–Kier alpha value is -0.120. The van der Waals surface area contributed by atoms with Crippen LogP contribution in [0, 0.1) is 0 Å². The quantitative estimate of drug-likeness (QED) is 0.705. The number of aliphatic hydroxyl groups excluding tert-OH is 2. The maximum atomic E-state index is 9.61. The van der Waals surface area contributed by atoms with E-state index in [4.69, 9.17) is 0 Å².